The van der Waals surface area contributed by atoms with Crippen molar-refractivity contribution in [3.8, 4) is 5.75 Å². The van der Waals surface area contributed by atoms with Crippen LogP contribution in [0, 0.1) is 0 Å². The van der Waals surface area contributed by atoms with Crippen LogP contribution in [0.3, 0.4) is 0 Å². The first-order valence-electron chi connectivity index (χ1n) is 9.82. The molecule has 2 atom stereocenters. The van der Waals surface area contributed by atoms with Gasteiger partial charge < -0.3 is 14.7 Å². The zero-order chi connectivity index (χ0) is 21.1. The van der Waals surface area contributed by atoms with Crippen LogP contribution in [0.15, 0.2) is 42.6 Å². The van der Waals surface area contributed by atoms with E-state index < -0.39 is 18.2 Å². The van der Waals surface area contributed by atoms with Gasteiger partial charge in [0.2, 0.25) is 5.67 Å². The second kappa shape index (κ2) is 8.37. The highest BCUT2D eigenvalue weighted by molar-refractivity contribution is 5.95. The van der Waals surface area contributed by atoms with Gasteiger partial charge >= 0.3 is 5.97 Å². The number of hydrogen-bond acceptors (Lipinski definition) is 6. The predicted octanol–water partition coefficient (Wildman–Crippen LogP) is 1.84. The highest BCUT2D eigenvalue weighted by Crippen LogP contribution is 2.27. The summed E-state index contributed by atoms with van der Waals surface area (Å²) >= 11 is 0. The van der Waals surface area contributed by atoms with Crippen LogP contribution in [0.2, 0.25) is 0 Å². The number of ether oxygens (including phenoxy) is 1. The number of rotatable bonds is 6. The van der Waals surface area contributed by atoms with Crippen molar-refractivity contribution in [3.63, 3.8) is 0 Å². The lowest BCUT2D eigenvalue weighted by molar-refractivity contribution is -0.149. The predicted molar refractivity (Wildman–Crippen MR) is 106 cm³/mol. The fourth-order valence-electron chi connectivity index (χ4n) is 3.65. The molecule has 0 bridgehead atoms. The maximum absolute atomic E-state index is 14.2. The van der Waals surface area contributed by atoms with Gasteiger partial charge in [-0.3, -0.25) is 15.2 Å². The number of carboxylic acid groups (broad SMARTS) is 1. The molecule has 0 spiro atoms. The first-order valence-corrected chi connectivity index (χ1v) is 9.82. The number of hydrazine groups is 1. The Labute approximate surface area is 173 Å². The van der Waals surface area contributed by atoms with E-state index in [1.807, 2.05) is 18.2 Å². The topological polar surface area (TPSA) is 104 Å². The second-order valence-electron chi connectivity index (χ2n) is 7.57. The average Bonchev–Trinajstić information content (AvgIpc) is 3.43. The molecular weight excluding hydrogens is 391 g/mol. The van der Waals surface area contributed by atoms with Gasteiger partial charge in [-0.25, -0.2) is 14.6 Å². The van der Waals surface area contributed by atoms with Crippen molar-refractivity contribution in [1.82, 2.24) is 20.7 Å². The Morgan fingerprint density at radius 1 is 1.33 bits per heavy atom. The number of carbonyl (C=O) groups excluding carboxylic acids is 1. The third-order valence-corrected chi connectivity index (χ3v) is 5.42. The van der Waals surface area contributed by atoms with Gasteiger partial charge in [0.15, 0.2) is 0 Å². The maximum Gasteiger partial charge on any atom is 0.343 e. The minimum atomic E-state index is -2.38. The van der Waals surface area contributed by atoms with Gasteiger partial charge in [-0.05, 0) is 36.2 Å². The van der Waals surface area contributed by atoms with Crippen molar-refractivity contribution in [3.05, 3.63) is 59.4 Å². The lowest BCUT2D eigenvalue weighted by atomic mass is 10.1. The highest BCUT2D eigenvalue weighted by Gasteiger charge is 2.47. The van der Waals surface area contributed by atoms with Gasteiger partial charge in [-0.1, -0.05) is 12.1 Å². The quantitative estimate of drug-likeness (QED) is 0.663. The molecule has 3 heterocycles. The van der Waals surface area contributed by atoms with Crippen LogP contribution in [0.25, 0.3) is 0 Å². The number of amides is 1. The number of likely N-dealkylation sites (tertiary alicyclic amines) is 1. The molecule has 1 aromatic heterocycles. The Bertz CT molecular complexity index is 933. The molecule has 158 valence electrons. The van der Waals surface area contributed by atoms with E-state index in [4.69, 9.17) is 9.84 Å². The van der Waals surface area contributed by atoms with Crippen molar-refractivity contribution in [2.24, 2.45) is 0 Å². The number of alkyl halides is 1. The summed E-state index contributed by atoms with van der Waals surface area (Å²) in [6.45, 7) is 0.782. The molecule has 2 aromatic rings. The Morgan fingerprint density at radius 3 is 2.87 bits per heavy atom. The molecule has 30 heavy (non-hydrogen) atoms. The lowest BCUT2D eigenvalue weighted by Gasteiger charge is -2.18. The summed E-state index contributed by atoms with van der Waals surface area (Å²) < 4.78 is 20.0. The number of benzene rings is 1. The van der Waals surface area contributed by atoms with E-state index in [1.165, 1.54) is 4.90 Å². The number of aliphatic carboxylic acids is 1. The molecule has 0 saturated carbocycles. The molecule has 3 N–H and O–H groups in total. The van der Waals surface area contributed by atoms with Gasteiger partial charge in [0, 0.05) is 25.1 Å². The molecule has 2 unspecified atom stereocenters. The number of pyridine rings is 1. The van der Waals surface area contributed by atoms with Crippen LogP contribution in [0.4, 0.5) is 4.39 Å². The molecule has 9 heteroatoms. The average molecular weight is 414 g/mol. The summed E-state index contributed by atoms with van der Waals surface area (Å²) in [6, 6.07) is 10.8. The minimum Gasteiger partial charge on any atom is -0.487 e. The molecule has 2 aliphatic heterocycles. The van der Waals surface area contributed by atoms with Gasteiger partial charge in [-0.2, -0.15) is 0 Å². The normalized spacial score (nSPS) is 23.5. The standard InChI is InChI=1S/C21H23FN4O4/c22-21(20(28)29)7-9-26(13-21)19(27)15-3-1-2-14(10-15)12-30-16-4-5-17(23-11-16)18-6-8-24-25-18/h1-5,10-11,18,24-25H,6-9,12-13H2,(H,28,29). The van der Waals surface area contributed by atoms with Crippen molar-refractivity contribution in [2.45, 2.75) is 31.2 Å². The SMILES string of the molecule is O=C(c1cccc(COc2ccc(C3CCNN3)nc2)c1)N1CCC(F)(C(=O)O)C1. The number of nitrogens with one attached hydrogen (secondary N) is 2. The van der Waals surface area contributed by atoms with E-state index in [2.05, 4.69) is 15.8 Å². The van der Waals surface area contributed by atoms with Gasteiger partial charge in [-0.15, -0.1) is 0 Å². The molecule has 1 amide bonds. The molecule has 2 aliphatic rings. The minimum absolute atomic E-state index is 0.0751. The fraction of sp³-hybridized carbons (Fsp3) is 0.381. The summed E-state index contributed by atoms with van der Waals surface area (Å²) in [6.07, 6.45) is 2.44. The third kappa shape index (κ3) is 4.27. The van der Waals surface area contributed by atoms with E-state index in [0.29, 0.717) is 11.3 Å². The highest BCUT2D eigenvalue weighted by atomic mass is 19.1. The molecule has 0 aliphatic carbocycles. The summed E-state index contributed by atoms with van der Waals surface area (Å²) in [5, 5.41) is 9.00. The molecule has 4 rings (SSSR count). The Balaban J connectivity index is 1.36. The first kappa shape index (κ1) is 20.2. The van der Waals surface area contributed by atoms with Crippen molar-refractivity contribution < 1.29 is 23.8 Å². The van der Waals surface area contributed by atoms with Crippen LogP contribution in [-0.2, 0) is 11.4 Å². The van der Waals surface area contributed by atoms with Crippen LogP contribution in [0.5, 0.6) is 5.75 Å². The van der Waals surface area contributed by atoms with Crippen molar-refractivity contribution in [2.75, 3.05) is 19.6 Å². The number of halogens is 1. The van der Waals surface area contributed by atoms with Gasteiger partial charge in [0.1, 0.15) is 12.4 Å². The second-order valence-corrected chi connectivity index (χ2v) is 7.57. The Morgan fingerprint density at radius 2 is 2.20 bits per heavy atom. The lowest BCUT2D eigenvalue weighted by Crippen LogP contribution is -2.38. The van der Waals surface area contributed by atoms with E-state index in [9.17, 15) is 14.0 Å². The largest absolute Gasteiger partial charge is 0.487 e. The molecule has 8 nitrogen and oxygen atoms in total. The number of nitrogens with zero attached hydrogens (tertiary/aromatic N) is 2. The smallest absolute Gasteiger partial charge is 0.343 e. The fourth-order valence-corrected chi connectivity index (χ4v) is 3.65. The number of aromatic nitrogens is 1. The summed E-state index contributed by atoms with van der Waals surface area (Å²) in [5.41, 5.74) is 5.94. The van der Waals surface area contributed by atoms with E-state index in [-0.39, 0.29) is 31.5 Å². The Kier molecular flexibility index (Phi) is 5.65. The molecule has 0 radical (unpaired) electrons. The van der Waals surface area contributed by atoms with Crippen molar-refractivity contribution >= 4 is 11.9 Å². The molecule has 2 fully saturated rings. The number of hydrogen-bond donors (Lipinski definition) is 3. The zero-order valence-corrected chi connectivity index (χ0v) is 16.3. The maximum atomic E-state index is 14.2. The third-order valence-electron chi connectivity index (χ3n) is 5.42. The molecule has 2 saturated heterocycles. The summed E-state index contributed by atoms with van der Waals surface area (Å²) in [5.74, 6) is -1.30. The van der Waals surface area contributed by atoms with Crippen LogP contribution in [-0.4, -0.2) is 52.2 Å². The summed E-state index contributed by atoms with van der Waals surface area (Å²) in [7, 11) is 0. The van der Waals surface area contributed by atoms with E-state index in [1.54, 1.807) is 24.4 Å². The number of carbonyl (C=O) groups is 2. The van der Waals surface area contributed by atoms with Gasteiger partial charge in [0.05, 0.1) is 24.5 Å². The first-order chi connectivity index (χ1) is 14.4. The van der Waals surface area contributed by atoms with Crippen LogP contribution >= 0.6 is 0 Å². The molecular formula is C21H23FN4O4. The van der Waals surface area contributed by atoms with E-state index >= 15 is 0 Å². The van der Waals surface area contributed by atoms with Crippen molar-refractivity contribution in [1.29, 1.82) is 0 Å². The zero-order valence-electron chi connectivity index (χ0n) is 16.3. The molecule has 1 aromatic carbocycles. The number of carboxylic acids is 1. The summed E-state index contributed by atoms with van der Waals surface area (Å²) in [4.78, 5) is 29.4. The van der Waals surface area contributed by atoms with Gasteiger partial charge in [0.25, 0.3) is 5.91 Å². The van der Waals surface area contributed by atoms with Crippen LogP contribution < -0.4 is 15.6 Å². The Hall–Kier alpha value is -3.04. The van der Waals surface area contributed by atoms with Crippen LogP contribution in [0.1, 0.15) is 40.5 Å². The monoisotopic (exact) mass is 414 g/mol. The van der Waals surface area contributed by atoms with E-state index in [0.717, 1.165) is 24.2 Å².